The van der Waals surface area contributed by atoms with Gasteiger partial charge in [-0.2, -0.15) is 11.8 Å². The van der Waals surface area contributed by atoms with E-state index < -0.39 is 24.1 Å². The summed E-state index contributed by atoms with van der Waals surface area (Å²) in [7, 11) is 0. The molecule has 7 nitrogen and oxygen atoms in total. The average molecular weight is 499 g/mol. The van der Waals surface area contributed by atoms with Crippen LogP contribution in [0.3, 0.4) is 0 Å². The number of alkyl carbamates (subject to hydrolysis) is 1. The van der Waals surface area contributed by atoms with Gasteiger partial charge < -0.3 is 20.5 Å². The number of hydrogen-bond acceptors (Lipinski definition) is 5. The molecule has 1 aliphatic rings. The molecule has 0 radical (unpaired) electrons. The fourth-order valence-electron chi connectivity index (χ4n) is 4.48. The van der Waals surface area contributed by atoms with E-state index in [1.54, 1.807) is 11.8 Å². The minimum atomic E-state index is -0.962. The summed E-state index contributed by atoms with van der Waals surface area (Å²) >= 11 is 1.57. The van der Waals surface area contributed by atoms with Gasteiger partial charge in [0.2, 0.25) is 5.91 Å². The number of carbonyl (C=O) groups excluding carboxylic acids is 2. The van der Waals surface area contributed by atoms with E-state index in [9.17, 15) is 19.5 Å². The van der Waals surface area contributed by atoms with Crippen LogP contribution >= 0.6 is 11.8 Å². The molecule has 0 fully saturated rings. The zero-order valence-electron chi connectivity index (χ0n) is 20.3. The van der Waals surface area contributed by atoms with Crippen molar-refractivity contribution < 1.29 is 24.2 Å². The maximum Gasteiger partial charge on any atom is 0.407 e. The molecule has 3 N–H and O–H groups in total. The van der Waals surface area contributed by atoms with Gasteiger partial charge in [0.1, 0.15) is 12.6 Å². The molecule has 0 aromatic heterocycles. The molecule has 0 heterocycles. The van der Waals surface area contributed by atoms with Gasteiger partial charge in [0.15, 0.2) is 0 Å². The number of hydrogen-bond donors (Lipinski definition) is 3. The highest BCUT2D eigenvalue weighted by molar-refractivity contribution is 7.98. The third-order valence-corrected chi connectivity index (χ3v) is 6.88. The molecule has 2 aromatic rings. The number of carboxylic acids is 1. The molecule has 8 heteroatoms. The Morgan fingerprint density at radius 3 is 2.20 bits per heavy atom. The van der Waals surface area contributed by atoms with E-state index in [0.717, 1.165) is 35.1 Å². The molecular formula is C27H34N2O5S. The highest BCUT2D eigenvalue weighted by Crippen LogP contribution is 2.44. The summed E-state index contributed by atoms with van der Waals surface area (Å²) in [6.07, 6.45) is 3.84. The lowest BCUT2D eigenvalue weighted by molar-refractivity contribution is -0.137. The van der Waals surface area contributed by atoms with Crippen LogP contribution in [0.2, 0.25) is 0 Å². The van der Waals surface area contributed by atoms with Crippen molar-refractivity contribution in [2.75, 3.05) is 18.6 Å². The van der Waals surface area contributed by atoms with Crippen LogP contribution < -0.4 is 10.6 Å². The van der Waals surface area contributed by atoms with E-state index >= 15 is 0 Å². The molecule has 1 aliphatic carbocycles. The van der Waals surface area contributed by atoms with Crippen LogP contribution in [0.15, 0.2) is 48.5 Å². The van der Waals surface area contributed by atoms with Crippen LogP contribution in [0, 0.1) is 0 Å². The van der Waals surface area contributed by atoms with Gasteiger partial charge in [-0.3, -0.25) is 9.59 Å². The number of carbonyl (C=O) groups is 3. The Morgan fingerprint density at radius 2 is 1.63 bits per heavy atom. The van der Waals surface area contributed by atoms with Crippen molar-refractivity contribution >= 4 is 29.7 Å². The maximum absolute atomic E-state index is 12.9. The Bertz CT molecular complexity index is 983. The normalized spacial score (nSPS) is 13.9. The zero-order valence-corrected chi connectivity index (χ0v) is 21.1. The molecule has 0 spiro atoms. The topological polar surface area (TPSA) is 105 Å². The fraction of sp³-hybridized carbons (Fsp3) is 0.444. The molecule has 0 unspecified atom stereocenters. The smallest absolute Gasteiger partial charge is 0.407 e. The van der Waals surface area contributed by atoms with Crippen molar-refractivity contribution in [1.82, 2.24) is 10.6 Å². The van der Waals surface area contributed by atoms with Crippen molar-refractivity contribution in [2.45, 2.75) is 57.0 Å². The summed E-state index contributed by atoms with van der Waals surface area (Å²) in [6.45, 7) is 2.18. The van der Waals surface area contributed by atoms with E-state index in [0.29, 0.717) is 18.6 Å². The average Bonchev–Trinajstić information content (AvgIpc) is 3.17. The van der Waals surface area contributed by atoms with E-state index in [1.165, 1.54) is 0 Å². The molecule has 0 aliphatic heterocycles. The van der Waals surface area contributed by atoms with Crippen LogP contribution in [-0.4, -0.2) is 53.8 Å². The van der Waals surface area contributed by atoms with Crippen molar-refractivity contribution in [3.8, 4) is 11.1 Å². The number of amides is 2. The number of benzene rings is 2. The van der Waals surface area contributed by atoms with Gasteiger partial charge in [-0.05, 0) is 47.1 Å². The van der Waals surface area contributed by atoms with Gasteiger partial charge in [-0.15, -0.1) is 0 Å². The number of ether oxygens (including phenoxy) is 1. The largest absolute Gasteiger partial charge is 0.481 e. The second-order valence-electron chi connectivity index (χ2n) is 8.75. The van der Waals surface area contributed by atoms with Gasteiger partial charge >= 0.3 is 12.1 Å². The van der Waals surface area contributed by atoms with Gasteiger partial charge in [0, 0.05) is 12.0 Å². The minimum Gasteiger partial charge on any atom is -0.481 e. The second kappa shape index (κ2) is 13.2. The Morgan fingerprint density at radius 1 is 1.00 bits per heavy atom. The lowest BCUT2D eigenvalue weighted by Gasteiger charge is -2.23. The van der Waals surface area contributed by atoms with E-state index in [2.05, 4.69) is 34.9 Å². The minimum absolute atomic E-state index is 0.0689. The molecule has 2 amide bonds. The summed E-state index contributed by atoms with van der Waals surface area (Å²) in [4.78, 5) is 36.9. The van der Waals surface area contributed by atoms with E-state index in [1.807, 2.05) is 37.4 Å². The van der Waals surface area contributed by atoms with Crippen LogP contribution in [0.25, 0.3) is 11.1 Å². The second-order valence-corrected chi connectivity index (χ2v) is 9.74. The first-order valence-electron chi connectivity index (χ1n) is 12.1. The maximum atomic E-state index is 12.9. The third-order valence-electron chi connectivity index (χ3n) is 6.24. The SMILES string of the molecule is CCCC[C@H](CC(=O)O)NC(=O)[C@@H](CCSC)NC(=O)OCC1c2ccccc2-c2ccccc21. The number of carboxylic acid groups (broad SMARTS) is 1. The molecular weight excluding hydrogens is 464 g/mol. The lowest BCUT2D eigenvalue weighted by Crippen LogP contribution is -2.50. The number of unbranched alkanes of at least 4 members (excludes halogenated alkanes) is 1. The molecule has 35 heavy (non-hydrogen) atoms. The molecule has 2 aromatic carbocycles. The summed E-state index contributed by atoms with van der Waals surface area (Å²) in [6, 6.07) is 14.9. The lowest BCUT2D eigenvalue weighted by atomic mass is 9.98. The predicted molar refractivity (Wildman–Crippen MR) is 139 cm³/mol. The highest BCUT2D eigenvalue weighted by Gasteiger charge is 2.30. The number of nitrogens with one attached hydrogen (secondary N) is 2. The molecule has 188 valence electrons. The van der Waals surface area contributed by atoms with Gasteiger partial charge in [-0.25, -0.2) is 4.79 Å². The van der Waals surface area contributed by atoms with Crippen molar-refractivity contribution in [2.24, 2.45) is 0 Å². The zero-order chi connectivity index (χ0) is 25.2. The number of rotatable bonds is 13. The van der Waals surface area contributed by atoms with Crippen molar-refractivity contribution in [1.29, 1.82) is 0 Å². The van der Waals surface area contributed by atoms with Crippen LogP contribution in [0.4, 0.5) is 4.79 Å². The van der Waals surface area contributed by atoms with Gasteiger partial charge in [0.05, 0.1) is 6.42 Å². The van der Waals surface area contributed by atoms with Crippen LogP contribution in [0.5, 0.6) is 0 Å². The monoisotopic (exact) mass is 498 g/mol. The predicted octanol–water partition coefficient (Wildman–Crippen LogP) is 4.80. The van der Waals surface area contributed by atoms with E-state index in [4.69, 9.17) is 4.74 Å². The van der Waals surface area contributed by atoms with Crippen LogP contribution in [-0.2, 0) is 14.3 Å². The van der Waals surface area contributed by atoms with Crippen molar-refractivity contribution in [3.05, 3.63) is 59.7 Å². The Hall–Kier alpha value is -3.00. The first-order chi connectivity index (χ1) is 16.9. The van der Waals surface area contributed by atoms with Gasteiger partial charge in [0.25, 0.3) is 0 Å². The Balaban J connectivity index is 1.63. The number of thioether (sulfide) groups is 1. The molecule has 0 saturated heterocycles. The molecule has 3 rings (SSSR count). The van der Waals surface area contributed by atoms with Crippen LogP contribution in [0.1, 0.15) is 56.1 Å². The third kappa shape index (κ3) is 7.24. The number of fused-ring (bicyclic) bond motifs is 3. The Kier molecular flexibility index (Phi) is 10.0. The fourth-order valence-corrected chi connectivity index (χ4v) is 4.95. The Labute approximate surface area is 211 Å². The summed E-state index contributed by atoms with van der Waals surface area (Å²) in [5.41, 5.74) is 4.52. The summed E-state index contributed by atoms with van der Waals surface area (Å²) < 4.78 is 5.60. The first-order valence-corrected chi connectivity index (χ1v) is 13.5. The van der Waals surface area contributed by atoms with E-state index in [-0.39, 0.29) is 24.9 Å². The quantitative estimate of drug-likeness (QED) is 0.367. The summed E-state index contributed by atoms with van der Waals surface area (Å²) in [5.74, 6) is -0.743. The van der Waals surface area contributed by atoms with Gasteiger partial charge in [-0.1, -0.05) is 68.3 Å². The molecule has 0 bridgehead atoms. The number of aliphatic carboxylic acids is 1. The standard InChI is InChI=1S/C27H34N2O5S/c1-3-4-9-18(16-25(30)31)28-26(32)24(14-15-35-2)29-27(33)34-17-23-21-12-7-5-10-19(21)20-11-6-8-13-22(20)23/h5-8,10-13,18,23-24H,3-4,9,14-17H2,1-2H3,(H,28,32)(H,29,33)(H,30,31)/t18-,24-/m1/s1. The van der Waals surface area contributed by atoms with Crippen molar-refractivity contribution in [3.63, 3.8) is 0 Å². The summed E-state index contributed by atoms with van der Waals surface area (Å²) in [5, 5.41) is 14.7. The first kappa shape index (κ1) is 26.6. The highest BCUT2D eigenvalue weighted by atomic mass is 32.2. The molecule has 2 atom stereocenters. The molecule has 0 saturated carbocycles.